The number of nitrogens with one attached hydrogen (secondary N) is 3. The van der Waals surface area contributed by atoms with E-state index in [9.17, 15) is 4.79 Å². The van der Waals surface area contributed by atoms with Crippen molar-refractivity contribution in [3.05, 3.63) is 42.5 Å². The summed E-state index contributed by atoms with van der Waals surface area (Å²) in [4.78, 5) is 11.7. The maximum Gasteiger partial charge on any atom is 0.251 e. The Kier molecular flexibility index (Phi) is 6.02. The van der Waals surface area contributed by atoms with E-state index >= 15 is 0 Å². The first-order valence-electron chi connectivity index (χ1n) is 6.09. The first kappa shape index (κ1) is 15.2. The topological polar surface area (TPSA) is 53.2 Å². The van der Waals surface area contributed by atoms with Gasteiger partial charge in [0.2, 0.25) is 0 Å². The minimum atomic E-state index is -0.0751. The van der Waals surface area contributed by atoms with Crippen molar-refractivity contribution >= 4 is 28.9 Å². The van der Waals surface area contributed by atoms with Crippen LogP contribution < -0.4 is 16.0 Å². The van der Waals surface area contributed by atoms with E-state index in [1.807, 2.05) is 26.0 Å². The van der Waals surface area contributed by atoms with Gasteiger partial charge in [0.25, 0.3) is 5.91 Å². The molecule has 0 heterocycles. The van der Waals surface area contributed by atoms with Crippen LogP contribution in [0.1, 0.15) is 24.2 Å². The van der Waals surface area contributed by atoms with Gasteiger partial charge in [-0.3, -0.25) is 4.79 Å². The summed E-state index contributed by atoms with van der Waals surface area (Å²) in [6.45, 7) is 8.07. The molecule has 0 radical (unpaired) electrons. The zero-order valence-electron chi connectivity index (χ0n) is 11.2. The molecular formula is C14H19N3OS. The summed E-state index contributed by atoms with van der Waals surface area (Å²) in [5.41, 5.74) is 1.46. The first-order valence-corrected chi connectivity index (χ1v) is 6.50. The third-order valence-corrected chi connectivity index (χ3v) is 2.48. The van der Waals surface area contributed by atoms with Gasteiger partial charge >= 0.3 is 0 Å². The van der Waals surface area contributed by atoms with E-state index < -0.39 is 0 Å². The van der Waals surface area contributed by atoms with E-state index in [0.717, 1.165) is 5.69 Å². The van der Waals surface area contributed by atoms with Gasteiger partial charge in [-0.05, 0) is 50.3 Å². The highest BCUT2D eigenvalue weighted by molar-refractivity contribution is 7.80. The molecule has 19 heavy (non-hydrogen) atoms. The van der Waals surface area contributed by atoms with Crippen molar-refractivity contribution in [3.8, 4) is 0 Å². The van der Waals surface area contributed by atoms with E-state index in [1.165, 1.54) is 0 Å². The Morgan fingerprint density at radius 3 is 2.53 bits per heavy atom. The van der Waals surface area contributed by atoms with Crippen molar-refractivity contribution in [3.63, 3.8) is 0 Å². The number of benzene rings is 1. The molecule has 1 aromatic carbocycles. The summed E-state index contributed by atoms with van der Waals surface area (Å²) < 4.78 is 0. The molecule has 0 saturated heterocycles. The van der Waals surface area contributed by atoms with Crippen LogP contribution in [0.4, 0.5) is 5.69 Å². The van der Waals surface area contributed by atoms with E-state index in [4.69, 9.17) is 12.2 Å². The number of hydrogen-bond donors (Lipinski definition) is 3. The fourth-order valence-corrected chi connectivity index (χ4v) is 1.59. The van der Waals surface area contributed by atoms with Crippen molar-refractivity contribution in [1.29, 1.82) is 0 Å². The molecule has 0 spiro atoms. The van der Waals surface area contributed by atoms with Gasteiger partial charge in [-0.1, -0.05) is 6.08 Å². The van der Waals surface area contributed by atoms with Gasteiger partial charge < -0.3 is 16.0 Å². The summed E-state index contributed by atoms with van der Waals surface area (Å²) >= 11 is 5.09. The third-order valence-electron chi connectivity index (χ3n) is 2.23. The molecule has 0 atom stereocenters. The van der Waals surface area contributed by atoms with E-state index in [2.05, 4.69) is 22.5 Å². The maximum absolute atomic E-state index is 11.7. The van der Waals surface area contributed by atoms with Gasteiger partial charge in [-0.15, -0.1) is 6.58 Å². The Labute approximate surface area is 119 Å². The number of hydrogen-bond acceptors (Lipinski definition) is 2. The summed E-state index contributed by atoms with van der Waals surface area (Å²) in [5, 5.41) is 9.36. The molecule has 1 amide bonds. The van der Waals surface area contributed by atoms with Gasteiger partial charge in [0.15, 0.2) is 5.11 Å². The predicted molar refractivity (Wildman–Crippen MR) is 83.5 cm³/mol. The highest BCUT2D eigenvalue weighted by Gasteiger charge is 2.06. The molecule has 0 aliphatic rings. The van der Waals surface area contributed by atoms with Gasteiger partial charge in [-0.2, -0.15) is 0 Å². The molecule has 1 aromatic rings. The monoisotopic (exact) mass is 277 g/mol. The second-order valence-electron chi connectivity index (χ2n) is 4.33. The minimum Gasteiger partial charge on any atom is -0.359 e. The predicted octanol–water partition coefficient (Wildman–Crippen LogP) is 2.30. The van der Waals surface area contributed by atoms with Gasteiger partial charge in [-0.25, -0.2) is 0 Å². The van der Waals surface area contributed by atoms with E-state index in [1.54, 1.807) is 18.2 Å². The van der Waals surface area contributed by atoms with Crippen molar-refractivity contribution in [2.75, 3.05) is 11.9 Å². The van der Waals surface area contributed by atoms with Crippen molar-refractivity contribution < 1.29 is 4.79 Å². The molecule has 0 aliphatic heterocycles. The van der Waals surface area contributed by atoms with Gasteiger partial charge in [0.1, 0.15) is 0 Å². The van der Waals surface area contributed by atoms with Crippen LogP contribution in [0.3, 0.4) is 0 Å². The summed E-state index contributed by atoms with van der Waals surface area (Å²) in [6.07, 6.45) is 1.73. The molecule has 0 unspecified atom stereocenters. The molecule has 1 rings (SSSR count). The Morgan fingerprint density at radius 2 is 2.00 bits per heavy atom. The average molecular weight is 277 g/mol. The second kappa shape index (κ2) is 7.53. The zero-order valence-corrected chi connectivity index (χ0v) is 12.0. The summed E-state index contributed by atoms with van der Waals surface area (Å²) in [7, 11) is 0. The Balaban J connectivity index is 2.58. The zero-order chi connectivity index (χ0) is 14.3. The summed E-state index contributed by atoms with van der Waals surface area (Å²) in [6, 6.07) is 7.28. The highest BCUT2D eigenvalue weighted by Crippen LogP contribution is 2.09. The van der Waals surface area contributed by atoms with Gasteiger partial charge in [0.05, 0.1) is 0 Å². The SMILES string of the molecule is C=CCNC(=S)Nc1ccc(C(=O)NC(C)C)cc1. The molecule has 102 valence electrons. The molecule has 5 heteroatoms. The summed E-state index contributed by atoms with van der Waals surface area (Å²) in [5.74, 6) is -0.0751. The lowest BCUT2D eigenvalue weighted by Gasteiger charge is -2.11. The van der Waals surface area contributed by atoms with Crippen molar-refractivity contribution in [2.24, 2.45) is 0 Å². The molecule has 0 aromatic heterocycles. The molecule has 0 aliphatic carbocycles. The lowest BCUT2D eigenvalue weighted by atomic mass is 10.2. The van der Waals surface area contributed by atoms with E-state index in [-0.39, 0.29) is 11.9 Å². The minimum absolute atomic E-state index is 0.0751. The number of amides is 1. The Morgan fingerprint density at radius 1 is 1.37 bits per heavy atom. The van der Waals surface area contributed by atoms with Crippen LogP contribution in [0.15, 0.2) is 36.9 Å². The lowest BCUT2D eigenvalue weighted by molar-refractivity contribution is 0.0943. The van der Waals surface area contributed by atoms with E-state index in [0.29, 0.717) is 17.2 Å². The highest BCUT2D eigenvalue weighted by atomic mass is 32.1. The normalized spacial score (nSPS) is 9.84. The first-order chi connectivity index (χ1) is 9.02. The average Bonchev–Trinajstić information content (AvgIpc) is 2.36. The smallest absolute Gasteiger partial charge is 0.251 e. The van der Waals surface area contributed by atoms with Crippen LogP contribution in [0, 0.1) is 0 Å². The molecule has 4 nitrogen and oxygen atoms in total. The molecular weight excluding hydrogens is 258 g/mol. The van der Waals surface area contributed by atoms with Crippen LogP contribution in [0.25, 0.3) is 0 Å². The quantitative estimate of drug-likeness (QED) is 0.571. The molecule has 0 saturated carbocycles. The number of thiocarbonyl (C=S) groups is 1. The number of carbonyl (C=O) groups excluding carboxylic acids is 1. The van der Waals surface area contributed by atoms with Crippen LogP contribution >= 0.6 is 12.2 Å². The van der Waals surface area contributed by atoms with Crippen LogP contribution in [-0.2, 0) is 0 Å². The largest absolute Gasteiger partial charge is 0.359 e. The van der Waals surface area contributed by atoms with Gasteiger partial charge in [0, 0.05) is 23.8 Å². The van der Waals surface area contributed by atoms with Crippen LogP contribution in [-0.4, -0.2) is 23.6 Å². The Bertz CT molecular complexity index is 454. The fraction of sp³-hybridized carbons (Fsp3) is 0.286. The second-order valence-corrected chi connectivity index (χ2v) is 4.74. The van der Waals surface area contributed by atoms with Crippen molar-refractivity contribution in [1.82, 2.24) is 10.6 Å². The molecule has 0 bridgehead atoms. The number of rotatable bonds is 5. The van der Waals surface area contributed by atoms with Crippen molar-refractivity contribution in [2.45, 2.75) is 19.9 Å². The number of carbonyl (C=O) groups is 1. The lowest BCUT2D eigenvalue weighted by Crippen LogP contribution is -2.30. The molecule has 3 N–H and O–H groups in total. The maximum atomic E-state index is 11.7. The Hall–Kier alpha value is -1.88. The third kappa shape index (κ3) is 5.52. The van der Waals surface area contributed by atoms with Crippen LogP contribution in [0.5, 0.6) is 0 Å². The molecule has 0 fully saturated rings. The standard InChI is InChI=1S/C14H19N3OS/c1-4-9-15-14(19)17-12-7-5-11(6-8-12)13(18)16-10(2)3/h4-8,10H,1,9H2,2-3H3,(H,16,18)(H2,15,17,19). The van der Waals surface area contributed by atoms with Crippen LogP contribution in [0.2, 0.25) is 0 Å². The fourth-order valence-electron chi connectivity index (χ4n) is 1.39. The number of anilines is 1.